The van der Waals surface area contributed by atoms with Crippen LogP contribution >= 0.6 is 0 Å². The maximum atomic E-state index is 13.8. The Kier molecular flexibility index (Phi) is 5.10. The van der Waals surface area contributed by atoms with E-state index in [9.17, 15) is 19.1 Å². The molecule has 8 heteroatoms. The molecule has 1 unspecified atom stereocenters. The van der Waals surface area contributed by atoms with Gasteiger partial charge in [-0.3, -0.25) is 4.79 Å². The smallest absolute Gasteiger partial charge is 0.506 e. The summed E-state index contributed by atoms with van der Waals surface area (Å²) >= 11 is 0. The van der Waals surface area contributed by atoms with Gasteiger partial charge in [-0.05, 0) is 35.9 Å². The van der Waals surface area contributed by atoms with Crippen LogP contribution in [0.15, 0.2) is 72.8 Å². The zero-order chi connectivity index (χ0) is 22.9. The van der Waals surface area contributed by atoms with Gasteiger partial charge in [0.1, 0.15) is 29.6 Å². The molecule has 1 atom stereocenters. The first-order valence-electron chi connectivity index (χ1n) is 10.1. The van der Waals surface area contributed by atoms with Crippen molar-refractivity contribution in [3.8, 4) is 0 Å². The predicted octanol–water partition coefficient (Wildman–Crippen LogP) is 5.22. The second kappa shape index (κ2) is 8.23. The number of cyclic esters (lactones) is 2. The fraction of sp³-hybridized carbons (Fsp3) is 0.0800. The Labute approximate surface area is 187 Å². The monoisotopic (exact) mass is 444 g/mol. The number of rotatable bonds is 5. The van der Waals surface area contributed by atoms with E-state index in [1.165, 1.54) is 18.2 Å². The number of carbonyl (C=O) groups is 2. The second-order valence-electron chi connectivity index (χ2n) is 7.46. The van der Waals surface area contributed by atoms with Gasteiger partial charge in [-0.25, -0.2) is 14.2 Å². The first-order valence-corrected chi connectivity index (χ1v) is 10.1. The summed E-state index contributed by atoms with van der Waals surface area (Å²) in [6, 6.07) is 19.0. The number of fused-ring (bicyclic) bond motifs is 1. The van der Waals surface area contributed by atoms with Gasteiger partial charge < -0.3 is 19.6 Å². The zero-order valence-corrected chi connectivity index (χ0v) is 17.1. The number of para-hydroxylation sites is 2. The molecule has 164 valence electrons. The minimum atomic E-state index is -0.769. The van der Waals surface area contributed by atoms with Gasteiger partial charge in [-0.2, -0.15) is 0 Å². The van der Waals surface area contributed by atoms with Crippen LogP contribution in [0.4, 0.5) is 9.18 Å². The third-order valence-electron chi connectivity index (χ3n) is 5.30. The van der Waals surface area contributed by atoms with Gasteiger partial charge in [0.05, 0.1) is 11.0 Å². The summed E-state index contributed by atoms with van der Waals surface area (Å²) in [5.41, 5.74) is 2.12. The highest BCUT2D eigenvalue weighted by atomic mass is 19.1. The summed E-state index contributed by atoms with van der Waals surface area (Å²) in [5.74, 6) is -1.39. The van der Waals surface area contributed by atoms with Crippen molar-refractivity contribution in [1.29, 1.82) is 0 Å². The number of nitrogens with one attached hydrogen (secondary N) is 1. The van der Waals surface area contributed by atoms with Crippen molar-refractivity contribution in [3.05, 3.63) is 101 Å². The molecule has 3 aromatic carbocycles. The molecular weight excluding hydrogens is 427 g/mol. The molecule has 4 aromatic rings. The van der Waals surface area contributed by atoms with Crippen LogP contribution in [0.2, 0.25) is 0 Å². The third-order valence-corrected chi connectivity index (χ3v) is 5.30. The maximum absolute atomic E-state index is 13.8. The number of allylic oxidation sites excluding steroid dienone is 1. The fourth-order valence-electron chi connectivity index (χ4n) is 3.70. The molecule has 2 heterocycles. The number of H-pyrrole nitrogens is 1. The number of ether oxygens (including phenoxy) is 2. The number of benzene rings is 3. The largest absolute Gasteiger partial charge is 0.509 e. The molecule has 0 radical (unpaired) electrons. The zero-order valence-electron chi connectivity index (χ0n) is 17.1. The Morgan fingerprint density at radius 3 is 2.58 bits per heavy atom. The summed E-state index contributed by atoms with van der Waals surface area (Å²) in [6.45, 7) is 0.0470. The number of nitrogens with zero attached hydrogens (tertiary/aromatic N) is 1. The maximum Gasteiger partial charge on any atom is 0.509 e. The van der Waals surface area contributed by atoms with E-state index in [1.54, 1.807) is 42.5 Å². The molecule has 0 aliphatic carbocycles. The van der Waals surface area contributed by atoms with Gasteiger partial charge in [0, 0.05) is 11.1 Å². The number of hydrogen-bond acceptors (Lipinski definition) is 6. The first kappa shape index (κ1) is 20.4. The lowest BCUT2D eigenvalue weighted by molar-refractivity contribution is 0.105. The van der Waals surface area contributed by atoms with Crippen molar-refractivity contribution in [2.45, 2.75) is 6.10 Å². The topological polar surface area (TPSA) is 102 Å². The highest BCUT2D eigenvalue weighted by molar-refractivity contribution is 6.33. The minimum absolute atomic E-state index is 0.0470. The first-order chi connectivity index (χ1) is 16.0. The number of aromatic nitrogens is 2. The summed E-state index contributed by atoms with van der Waals surface area (Å²) in [7, 11) is 0. The molecule has 1 saturated heterocycles. The summed E-state index contributed by atoms with van der Waals surface area (Å²) < 4.78 is 23.8. The Balaban J connectivity index is 1.66. The number of carbonyl (C=O) groups excluding carboxylic acids is 2. The second-order valence-corrected chi connectivity index (χ2v) is 7.46. The van der Waals surface area contributed by atoms with E-state index in [1.807, 2.05) is 6.07 Å². The van der Waals surface area contributed by atoms with Gasteiger partial charge in [0.15, 0.2) is 6.10 Å². The van der Waals surface area contributed by atoms with Crippen LogP contribution in [-0.4, -0.2) is 33.6 Å². The average Bonchev–Trinajstić information content (AvgIpc) is 3.45. The van der Waals surface area contributed by atoms with Crippen LogP contribution in [0.1, 0.15) is 33.4 Å². The fourth-order valence-corrected chi connectivity index (χ4v) is 3.70. The molecule has 1 aliphatic rings. The Morgan fingerprint density at radius 1 is 1.03 bits per heavy atom. The van der Waals surface area contributed by atoms with Crippen LogP contribution in [0, 0.1) is 5.82 Å². The number of aromatic amines is 1. The highest BCUT2D eigenvalue weighted by Crippen LogP contribution is 2.31. The van der Waals surface area contributed by atoms with Crippen LogP contribution < -0.4 is 0 Å². The lowest BCUT2D eigenvalue weighted by Gasteiger charge is -2.12. The van der Waals surface area contributed by atoms with Gasteiger partial charge in [0.25, 0.3) is 0 Å². The molecule has 0 spiro atoms. The van der Waals surface area contributed by atoms with E-state index < -0.39 is 23.9 Å². The Bertz CT molecular complexity index is 1390. The van der Waals surface area contributed by atoms with Crippen molar-refractivity contribution in [2.75, 3.05) is 6.61 Å². The number of ketones is 1. The SMILES string of the molecule is O=C1OCC(c2cccc(C(O)=C(C(=O)c3cccc(F)c3)c3nc4ccccc4[nH]3)c2)O1. The summed E-state index contributed by atoms with van der Waals surface area (Å²) in [4.78, 5) is 32.3. The Hall–Kier alpha value is -4.46. The molecule has 33 heavy (non-hydrogen) atoms. The lowest BCUT2D eigenvalue weighted by Crippen LogP contribution is -2.08. The molecule has 1 fully saturated rings. The highest BCUT2D eigenvalue weighted by Gasteiger charge is 2.28. The standard InChI is InChI=1S/C25H17FN2O5/c26-17-8-4-7-16(12-17)23(30)21(24-27-18-9-1-2-10-19(18)28-24)22(29)15-6-3-5-14(11-15)20-13-32-25(31)33-20/h1-12,20,29H,13H2,(H,27,28). The molecule has 0 amide bonds. The van der Waals surface area contributed by atoms with E-state index >= 15 is 0 Å². The minimum Gasteiger partial charge on any atom is -0.506 e. The van der Waals surface area contributed by atoms with Gasteiger partial charge >= 0.3 is 6.16 Å². The van der Waals surface area contributed by atoms with E-state index in [0.29, 0.717) is 22.2 Å². The van der Waals surface area contributed by atoms with E-state index in [4.69, 9.17) is 9.47 Å². The molecule has 7 nitrogen and oxygen atoms in total. The summed E-state index contributed by atoms with van der Waals surface area (Å²) in [6.07, 6.45) is -1.40. The van der Waals surface area contributed by atoms with E-state index in [-0.39, 0.29) is 29.3 Å². The van der Waals surface area contributed by atoms with Gasteiger partial charge in [0.2, 0.25) is 5.78 Å². The van der Waals surface area contributed by atoms with Crippen molar-refractivity contribution in [2.24, 2.45) is 0 Å². The molecule has 1 aliphatic heterocycles. The van der Waals surface area contributed by atoms with Crippen molar-refractivity contribution in [1.82, 2.24) is 9.97 Å². The van der Waals surface area contributed by atoms with Gasteiger partial charge in [-0.15, -0.1) is 0 Å². The summed E-state index contributed by atoms with van der Waals surface area (Å²) in [5, 5.41) is 11.2. The normalized spacial score (nSPS) is 16.3. The molecule has 5 rings (SSSR count). The third kappa shape index (κ3) is 3.94. The van der Waals surface area contributed by atoms with Crippen molar-refractivity contribution >= 4 is 34.3 Å². The molecule has 2 N–H and O–H groups in total. The van der Waals surface area contributed by atoms with Crippen LogP contribution in [0.25, 0.3) is 22.4 Å². The van der Waals surface area contributed by atoms with Crippen LogP contribution in [0.5, 0.6) is 0 Å². The number of hydrogen-bond donors (Lipinski definition) is 2. The van der Waals surface area contributed by atoms with E-state index in [0.717, 1.165) is 6.07 Å². The van der Waals surface area contributed by atoms with Crippen molar-refractivity contribution < 1.29 is 28.6 Å². The quantitative estimate of drug-likeness (QED) is 0.189. The molecule has 0 saturated carbocycles. The number of aliphatic hydroxyl groups is 1. The number of aliphatic hydroxyl groups excluding tert-OH is 1. The molecular formula is C25H17FN2O5. The Morgan fingerprint density at radius 2 is 1.82 bits per heavy atom. The van der Waals surface area contributed by atoms with Crippen molar-refractivity contribution in [3.63, 3.8) is 0 Å². The number of halogens is 1. The molecule has 0 bridgehead atoms. The van der Waals surface area contributed by atoms with Crippen LogP contribution in [-0.2, 0) is 9.47 Å². The number of Topliss-reactive ketones (excluding diaryl/α,β-unsaturated/α-hetero) is 1. The van der Waals surface area contributed by atoms with Gasteiger partial charge in [-0.1, -0.05) is 42.5 Å². The van der Waals surface area contributed by atoms with E-state index in [2.05, 4.69) is 9.97 Å². The number of imidazole rings is 1. The average molecular weight is 444 g/mol. The lowest BCUT2D eigenvalue weighted by atomic mass is 9.97. The predicted molar refractivity (Wildman–Crippen MR) is 118 cm³/mol. The van der Waals surface area contributed by atoms with Crippen LogP contribution in [0.3, 0.4) is 0 Å². The molecule has 1 aromatic heterocycles.